The molecule has 0 bridgehead atoms. The van der Waals surface area contributed by atoms with E-state index in [0.29, 0.717) is 12.6 Å². The van der Waals surface area contributed by atoms with Crippen LogP contribution in [-0.2, 0) is 6.54 Å². The zero-order valence-corrected chi connectivity index (χ0v) is 11.8. The quantitative estimate of drug-likeness (QED) is 0.893. The fourth-order valence-corrected chi connectivity index (χ4v) is 3.07. The summed E-state index contributed by atoms with van der Waals surface area (Å²) in [7, 11) is 2.17. The summed E-state index contributed by atoms with van der Waals surface area (Å²) in [5.74, 6) is 1.83. The molecule has 1 aromatic heterocycles. The Kier molecular flexibility index (Phi) is 4.23. The van der Waals surface area contributed by atoms with E-state index >= 15 is 0 Å². The van der Waals surface area contributed by atoms with Crippen molar-refractivity contribution in [3.05, 3.63) is 23.4 Å². The SMILES string of the molecule is Cc1ccc(CN)c(N(C)C2CCCCC2C)n1. The van der Waals surface area contributed by atoms with Crippen LogP contribution in [0.25, 0.3) is 0 Å². The van der Waals surface area contributed by atoms with Crippen molar-refractivity contribution >= 4 is 5.82 Å². The summed E-state index contributed by atoms with van der Waals surface area (Å²) < 4.78 is 0. The van der Waals surface area contributed by atoms with Crippen LogP contribution in [0.1, 0.15) is 43.9 Å². The maximum atomic E-state index is 5.84. The van der Waals surface area contributed by atoms with Crippen molar-refractivity contribution in [1.82, 2.24) is 4.98 Å². The van der Waals surface area contributed by atoms with Crippen molar-refractivity contribution in [3.63, 3.8) is 0 Å². The van der Waals surface area contributed by atoms with Crippen LogP contribution in [-0.4, -0.2) is 18.1 Å². The van der Waals surface area contributed by atoms with Crippen molar-refractivity contribution in [2.45, 2.75) is 52.1 Å². The minimum Gasteiger partial charge on any atom is -0.356 e. The number of nitrogens with zero attached hydrogens (tertiary/aromatic N) is 2. The van der Waals surface area contributed by atoms with Gasteiger partial charge in [0.15, 0.2) is 0 Å². The predicted molar refractivity (Wildman–Crippen MR) is 76.7 cm³/mol. The van der Waals surface area contributed by atoms with Gasteiger partial charge in [-0.05, 0) is 31.7 Å². The molecule has 0 radical (unpaired) electrons. The minimum atomic E-state index is 0.564. The van der Waals surface area contributed by atoms with E-state index in [1.807, 2.05) is 13.0 Å². The van der Waals surface area contributed by atoms with Gasteiger partial charge < -0.3 is 10.6 Å². The number of hydrogen-bond acceptors (Lipinski definition) is 3. The van der Waals surface area contributed by atoms with Gasteiger partial charge in [-0.25, -0.2) is 4.98 Å². The normalized spacial score (nSPS) is 24.0. The molecule has 18 heavy (non-hydrogen) atoms. The molecule has 1 heterocycles. The monoisotopic (exact) mass is 247 g/mol. The van der Waals surface area contributed by atoms with Crippen LogP contribution in [0.3, 0.4) is 0 Å². The maximum Gasteiger partial charge on any atom is 0.133 e. The lowest BCUT2D eigenvalue weighted by Gasteiger charge is -2.37. The van der Waals surface area contributed by atoms with Gasteiger partial charge in [0, 0.05) is 30.9 Å². The van der Waals surface area contributed by atoms with Gasteiger partial charge in [0.2, 0.25) is 0 Å². The number of anilines is 1. The van der Waals surface area contributed by atoms with Gasteiger partial charge in [0.25, 0.3) is 0 Å². The lowest BCUT2D eigenvalue weighted by Crippen LogP contribution is -2.40. The van der Waals surface area contributed by atoms with Crippen molar-refractivity contribution < 1.29 is 0 Å². The second-order valence-electron chi connectivity index (χ2n) is 5.58. The number of aryl methyl sites for hydroxylation is 1. The van der Waals surface area contributed by atoms with Crippen LogP contribution in [0.5, 0.6) is 0 Å². The van der Waals surface area contributed by atoms with Crippen LogP contribution >= 0.6 is 0 Å². The number of rotatable bonds is 3. The molecule has 3 heteroatoms. The van der Waals surface area contributed by atoms with Crippen molar-refractivity contribution in [2.24, 2.45) is 11.7 Å². The molecule has 0 aliphatic heterocycles. The Labute approximate surface area is 110 Å². The van der Waals surface area contributed by atoms with E-state index in [4.69, 9.17) is 10.7 Å². The molecule has 1 fully saturated rings. The summed E-state index contributed by atoms with van der Waals surface area (Å²) in [5, 5.41) is 0. The van der Waals surface area contributed by atoms with Gasteiger partial charge in [-0.2, -0.15) is 0 Å². The van der Waals surface area contributed by atoms with E-state index < -0.39 is 0 Å². The number of aromatic nitrogens is 1. The van der Waals surface area contributed by atoms with Gasteiger partial charge in [0.05, 0.1) is 0 Å². The van der Waals surface area contributed by atoms with Crippen molar-refractivity contribution in [3.8, 4) is 0 Å². The molecule has 0 spiro atoms. The molecule has 1 aliphatic carbocycles. The molecule has 1 saturated carbocycles. The Morgan fingerprint density at radius 1 is 1.33 bits per heavy atom. The highest BCUT2D eigenvalue weighted by molar-refractivity contribution is 5.48. The molecule has 1 aromatic rings. The third kappa shape index (κ3) is 2.66. The van der Waals surface area contributed by atoms with Gasteiger partial charge >= 0.3 is 0 Å². The summed E-state index contributed by atoms with van der Waals surface area (Å²) in [6.07, 6.45) is 5.32. The number of nitrogens with two attached hydrogens (primary N) is 1. The first kappa shape index (κ1) is 13.3. The largest absolute Gasteiger partial charge is 0.356 e. The van der Waals surface area contributed by atoms with E-state index in [1.54, 1.807) is 0 Å². The molecule has 0 saturated heterocycles. The summed E-state index contributed by atoms with van der Waals surface area (Å²) in [6.45, 7) is 4.97. The Bertz CT molecular complexity index is 403. The van der Waals surface area contributed by atoms with E-state index in [0.717, 1.165) is 23.0 Å². The zero-order chi connectivity index (χ0) is 13.1. The van der Waals surface area contributed by atoms with Gasteiger partial charge in [0.1, 0.15) is 5.82 Å². The summed E-state index contributed by atoms with van der Waals surface area (Å²) in [6, 6.07) is 4.77. The van der Waals surface area contributed by atoms with E-state index in [-0.39, 0.29) is 0 Å². The molecule has 2 unspecified atom stereocenters. The van der Waals surface area contributed by atoms with Crippen molar-refractivity contribution in [1.29, 1.82) is 0 Å². The van der Waals surface area contributed by atoms with Crippen LogP contribution < -0.4 is 10.6 Å². The van der Waals surface area contributed by atoms with E-state index in [1.165, 1.54) is 25.7 Å². The molecule has 2 N–H and O–H groups in total. The maximum absolute atomic E-state index is 5.84. The Morgan fingerprint density at radius 2 is 2.06 bits per heavy atom. The first-order valence-corrected chi connectivity index (χ1v) is 7.03. The second kappa shape index (κ2) is 5.70. The van der Waals surface area contributed by atoms with E-state index in [9.17, 15) is 0 Å². The smallest absolute Gasteiger partial charge is 0.133 e. The third-order valence-electron chi connectivity index (χ3n) is 4.21. The number of hydrogen-bond donors (Lipinski definition) is 1. The summed E-state index contributed by atoms with van der Waals surface area (Å²) >= 11 is 0. The Balaban J connectivity index is 2.26. The average molecular weight is 247 g/mol. The van der Waals surface area contributed by atoms with Crippen LogP contribution in [0.4, 0.5) is 5.82 Å². The van der Waals surface area contributed by atoms with Gasteiger partial charge in [-0.1, -0.05) is 25.8 Å². The lowest BCUT2D eigenvalue weighted by atomic mass is 9.85. The zero-order valence-electron chi connectivity index (χ0n) is 11.8. The minimum absolute atomic E-state index is 0.564. The highest BCUT2D eigenvalue weighted by Crippen LogP contribution is 2.31. The molecule has 0 amide bonds. The molecule has 1 aliphatic rings. The molecule has 3 nitrogen and oxygen atoms in total. The van der Waals surface area contributed by atoms with Gasteiger partial charge in [-0.3, -0.25) is 0 Å². The standard InChI is InChI=1S/C15H25N3/c1-11-6-4-5-7-14(11)18(3)15-13(10-16)9-8-12(2)17-15/h8-9,11,14H,4-7,10,16H2,1-3H3. The van der Waals surface area contributed by atoms with Crippen LogP contribution in [0.2, 0.25) is 0 Å². The Morgan fingerprint density at radius 3 is 2.72 bits per heavy atom. The molecule has 0 aromatic carbocycles. The summed E-state index contributed by atoms with van der Waals surface area (Å²) in [4.78, 5) is 7.06. The number of pyridine rings is 1. The first-order valence-electron chi connectivity index (χ1n) is 7.03. The van der Waals surface area contributed by atoms with Crippen molar-refractivity contribution in [2.75, 3.05) is 11.9 Å². The van der Waals surface area contributed by atoms with Crippen LogP contribution in [0.15, 0.2) is 12.1 Å². The first-order chi connectivity index (χ1) is 8.63. The Hall–Kier alpha value is -1.09. The van der Waals surface area contributed by atoms with Gasteiger partial charge in [-0.15, -0.1) is 0 Å². The second-order valence-corrected chi connectivity index (χ2v) is 5.58. The average Bonchev–Trinajstić information content (AvgIpc) is 2.38. The lowest BCUT2D eigenvalue weighted by molar-refractivity contribution is 0.320. The third-order valence-corrected chi connectivity index (χ3v) is 4.21. The molecule has 100 valence electrons. The predicted octanol–water partition coefficient (Wildman–Crippen LogP) is 2.86. The molecular formula is C15H25N3. The summed E-state index contributed by atoms with van der Waals surface area (Å²) in [5.41, 5.74) is 8.06. The molecule has 2 rings (SSSR count). The highest BCUT2D eigenvalue weighted by Gasteiger charge is 2.26. The van der Waals surface area contributed by atoms with Crippen LogP contribution in [0, 0.1) is 12.8 Å². The molecule has 2 atom stereocenters. The van der Waals surface area contributed by atoms with E-state index in [2.05, 4.69) is 24.9 Å². The fraction of sp³-hybridized carbons (Fsp3) is 0.667. The topological polar surface area (TPSA) is 42.1 Å². The molecular weight excluding hydrogens is 222 g/mol. The fourth-order valence-electron chi connectivity index (χ4n) is 3.07. The highest BCUT2D eigenvalue weighted by atomic mass is 15.2.